The molecule has 0 aliphatic carbocycles. The molecule has 0 bridgehead atoms. The van der Waals surface area contributed by atoms with E-state index in [9.17, 15) is 4.79 Å². The van der Waals surface area contributed by atoms with Gasteiger partial charge in [0.25, 0.3) is 0 Å². The molecule has 0 aromatic carbocycles. The molecule has 5 heteroatoms. The summed E-state index contributed by atoms with van der Waals surface area (Å²) in [4.78, 5) is 16.2. The van der Waals surface area contributed by atoms with Gasteiger partial charge >= 0.3 is 0 Å². The molecule has 108 valence electrons. The molecule has 2 aliphatic heterocycles. The van der Waals surface area contributed by atoms with Crippen molar-refractivity contribution in [3.63, 3.8) is 0 Å². The Bertz CT molecular complexity index is 470. The van der Waals surface area contributed by atoms with Gasteiger partial charge in [0.1, 0.15) is 4.87 Å². The molecule has 0 N–H and O–H groups in total. The van der Waals surface area contributed by atoms with Gasteiger partial charge in [0.2, 0.25) is 5.91 Å². The number of rotatable bonds is 0. The molecule has 2 heterocycles. The molecule has 3 nitrogen and oxygen atoms in total. The minimum atomic E-state index is -0.470. The van der Waals surface area contributed by atoms with E-state index in [0.717, 1.165) is 0 Å². The maximum Gasteiger partial charge on any atom is 0.237 e. The molecule has 0 aromatic heterocycles. The Morgan fingerprint density at radius 1 is 1.05 bits per heavy atom. The first-order valence-electron chi connectivity index (χ1n) is 6.61. The standard InChI is InChI=1S/C14H24N2OS2/c1-11(2)9(17)15(7)10(18)16(8)14(11)12(3,4)13(5,6)19-14/h1-8H3/t14-/m1/s1. The third-order valence-corrected chi connectivity index (χ3v) is 8.65. The fourth-order valence-corrected chi connectivity index (χ4v) is 6.15. The van der Waals surface area contributed by atoms with Crippen LogP contribution in [0.1, 0.15) is 41.5 Å². The lowest BCUT2D eigenvalue weighted by molar-refractivity contribution is -0.152. The second-order valence-electron chi connectivity index (χ2n) is 7.21. The van der Waals surface area contributed by atoms with Crippen LogP contribution in [0.25, 0.3) is 0 Å². The molecule has 2 aliphatic rings. The molecule has 0 unspecified atom stereocenters. The van der Waals surface area contributed by atoms with E-state index in [-0.39, 0.29) is 20.9 Å². The predicted octanol–water partition coefficient (Wildman–Crippen LogP) is 2.95. The number of hydrogen-bond donors (Lipinski definition) is 0. The Kier molecular flexibility index (Phi) is 2.92. The third kappa shape index (κ3) is 1.36. The van der Waals surface area contributed by atoms with Gasteiger partial charge in [-0.25, -0.2) is 0 Å². The Labute approximate surface area is 126 Å². The highest BCUT2D eigenvalue weighted by Crippen LogP contribution is 2.74. The first-order chi connectivity index (χ1) is 8.34. The summed E-state index contributed by atoms with van der Waals surface area (Å²) < 4.78 is 0.129. The zero-order valence-electron chi connectivity index (χ0n) is 13.1. The van der Waals surface area contributed by atoms with E-state index in [2.05, 4.69) is 32.6 Å². The van der Waals surface area contributed by atoms with Gasteiger partial charge < -0.3 is 4.90 Å². The smallest absolute Gasteiger partial charge is 0.237 e. The van der Waals surface area contributed by atoms with Crippen LogP contribution in [-0.4, -0.2) is 44.5 Å². The molecule has 2 saturated heterocycles. The number of hydrogen-bond acceptors (Lipinski definition) is 3. The maximum atomic E-state index is 12.7. The molecule has 1 amide bonds. The van der Waals surface area contributed by atoms with Crippen LogP contribution in [0.15, 0.2) is 0 Å². The molecular weight excluding hydrogens is 276 g/mol. The summed E-state index contributed by atoms with van der Waals surface area (Å²) in [5.41, 5.74) is -0.480. The predicted molar refractivity (Wildman–Crippen MR) is 85.1 cm³/mol. The van der Waals surface area contributed by atoms with Crippen LogP contribution in [-0.2, 0) is 4.79 Å². The van der Waals surface area contributed by atoms with Crippen molar-refractivity contribution in [2.75, 3.05) is 14.1 Å². The van der Waals surface area contributed by atoms with Gasteiger partial charge in [-0.15, -0.1) is 11.8 Å². The van der Waals surface area contributed by atoms with Gasteiger partial charge in [-0.2, -0.15) is 0 Å². The molecule has 1 spiro atoms. The largest absolute Gasteiger partial charge is 0.335 e. The molecule has 0 aromatic rings. The lowest BCUT2D eigenvalue weighted by atomic mass is 9.60. The van der Waals surface area contributed by atoms with Crippen molar-refractivity contribution in [3.8, 4) is 0 Å². The van der Waals surface area contributed by atoms with E-state index in [1.165, 1.54) is 0 Å². The monoisotopic (exact) mass is 300 g/mol. The fourth-order valence-electron chi connectivity index (χ4n) is 3.81. The van der Waals surface area contributed by atoms with Crippen molar-refractivity contribution >= 4 is 35.0 Å². The maximum absolute atomic E-state index is 12.7. The normalized spacial score (nSPS) is 35.6. The summed E-state index contributed by atoms with van der Waals surface area (Å²) >= 11 is 7.35. The summed E-state index contributed by atoms with van der Waals surface area (Å²) in [7, 11) is 3.80. The van der Waals surface area contributed by atoms with Gasteiger partial charge in [-0.05, 0) is 39.9 Å². The number of thioether (sulfide) groups is 1. The van der Waals surface area contributed by atoms with Crippen LogP contribution in [0, 0.1) is 10.8 Å². The Morgan fingerprint density at radius 2 is 1.53 bits per heavy atom. The van der Waals surface area contributed by atoms with Crippen LogP contribution >= 0.6 is 24.0 Å². The number of carbonyl (C=O) groups excluding carboxylic acids is 1. The summed E-state index contributed by atoms with van der Waals surface area (Å²) in [5, 5.41) is 0.625. The minimum absolute atomic E-state index is 0.0100. The Morgan fingerprint density at radius 3 is 1.89 bits per heavy atom. The minimum Gasteiger partial charge on any atom is -0.335 e. The number of nitrogens with zero attached hydrogens (tertiary/aromatic N) is 2. The number of thiocarbonyl (C=S) groups is 1. The highest BCUT2D eigenvalue weighted by atomic mass is 32.2. The molecule has 19 heavy (non-hydrogen) atoms. The van der Waals surface area contributed by atoms with E-state index in [1.54, 1.807) is 11.9 Å². The topological polar surface area (TPSA) is 23.6 Å². The van der Waals surface area contributed by atoms with Crippen LogP contribution in [0.5, 0.6) is 0 Å². The van der Waals surface area contributed by atoms with Gasteiger partial charge in [-0.1, -0.05) is 13.8 Å². The van der Waals surface area contributed by atoms with Crippen molar-refractivity contribution < 1.29 is 4.79 Å². The molecule has 2 fully saturated rings. The molecule has 2 rings (SSSR count). The number of amides is 1. The van der Waals surface area contributed by atoms with Gasteiger partial charge in [0.05, 0.1) is 5.41 Å². The average Bonchev–Trinajstić information content (AvgIpc) is 2.30. The highest BCUT2D eigenvalue weighted by Gasteiger charge is 2.76. The van der Waals surface area contributed by atoms with E-state index >= 15 is 0 Å². The van der Waals surface area contributed by atoms with Crippen LogP contribution < -0.4 is 0 Å². The highest BCUT2D eigenvalue weighted by molar-refractivity contribution is 8.03. The van der Waals surface area contributed by atoms with Crippen LogP contribution in [0.3, 0.4) is 0 Å². The molecular formula is C14H24N2OS2. The van der Waals surface area contributed by atoms with Crippen molar-refractivity contribution in [1.29, 1.82) is 0 Å². The van der Waals surface area contributed by atoms with Crippen LogP contribution in [0.2, 0.25) is 0 Å². The van der Waals surface area contributed by atoms with Crippen molar-refractivity contribution in [2.45, 2.75) is 51.2 Å². The van der Waals surface area contributed by atoms with Crippen molar-refractivity contribution in [1.82, 2.24) is 9.80 Å². The average molecular weight is 300 g/mol. The SMILES string of the molecule is CN1C(=O)C(C)(C)[C@]2(SC(C)(C)C2(C)C)N(C)C1=S. The second-order valence-corrected chi connectivity index (χ2v) is 9.39. The van der Waals surface area contributed by atoms with E-state index in [4.69, 9.17) is 12.2 Å². The second kappa shape index (κ2) is 3.67. The van der Waals surface area contributed by atoms with E-state index in [0.29, 0.717) is 5.11 Å². The van der Waals surface area contributed by atoms with Gasteiger partial charge in [-0.3, -0.25) is 9.69 Å². The summed E-state index contributed by atoms with van der Waals surface area (Å²) in [6.45, 7) is 13.1. The van der Waals surface area contributed by atoms with Gasteiger partial charge in [0, 0.05) is 24.3 Å². The van der Waals surface area contributed by atoms with Crippen LogP contribution in [0.4, 0.5) is 0 Å². The zero-order valence-corrected chi connectivity index (χ0v) is 14.8. The van der Waals surface area contributed by atoms with Crippen molar-refractivity contribution in [2.24, 2.45) is 10.8 Å². The molecule has 0 saturated carbocycles. The summed E-state index contributed by atoms with van der Waals surface area (Å²) in [5.74, 6) is 0.117. The lowest BCUT2D eigenvalue weighted by Crippen LogP contribution is -2.82. The summed E-state index contributed by atoms with van der Waals surface area (Å²) in [6, 6.07) is 0. The van der Waals surface area contributed by atoms with Gasteiger partial charge in [0.15, 0.2) is 5.11 Å². The first-order valence-corrected chi connectivity index (χ1v) is 7.83. The summed E-state index contributed by atoms with van der Waals surface area (Å²) in [6.07, 6.45) is 0. The van der Waals surface area contributed by atoms with E-state index in [1.807, 2.05) is 32.7 Å². The zero-order chi connectivity index (χ0) is 15.0. The Balaban J connectivity index is 2.63. The van der Waals surface area contributed by atoms with Crippen molar-refractivity contribution in [3.05, 3.63) is 0 Å². The quantitative estimate of drug-likeness (QED) is 0.642. The third-order valence-electron chi connectivity index (χ3n) is 5.49. The lowest BCUT2D eigenvalue weighted by Gasteiger charge is -2.75. The van der Waals surface area contributed by atoms with E-state index < -0.39 is 5.41 Å². The first kappa shape index (κ1) is 15.1. The fraction of sp³-hybridized carbons (Fsp3) is 0.857. The number of carbonyl (C=O) groups is 1. The Hall–Kier alpha value is -0.290. The molecule has 1 atom stereocenters. The molecule has 0 radical (unpaired) electrons.